The minimum absolute atomic E-state index is 0.278. The van der Waals surface area contributed by atoms with Gasteiger partial charge >= 0.3 is 143 Å². The van der Waals surface area contributed by atoms with Crippen molar-refractivity contribution in [3.8, 4) is 11.3 Å². The summed E-state index contributed by atoms with van der Waals surface area (Å²) >= 11 is 2.25. The maximum atomic E-state index is 12.0. The summed E-state index contributed by atoms with van der Waals surface area (Å²) in [6.45, 7) is 1.23. The van der Waals surface area contributed by atoms with Gasteiger partial charge in [-0.05, 0) is 12.1 Å². The number of nitrogens with zero attached hydrogens (tertiary/aromatic N) is 2. The molecule has 0 aliphatic heterocycles. The molecule has 0 unspecified atom stereocenters. The van der Waals surface area contributed by atoms with Gasteiger partial charge in [0.25, 0.3) is 0 Å². The number of amides is 1. The van der Waals surface area contributed by atoms with Gasteiger partial charge in [-0.2, -0.15) is 0 Å². The summed E-state index contributed by atoms with van der Waals surface area (Å²) in [7, 11) is -1.63. The van der Waals surface area contributed by atoms with Gasteiger partial charge in [0.1, 0.15) is 0 Å². The Morgan fingerprint density at radius 1 is 1.07 bits per heavy atom. The van der Waals surface area contributed by atoms with Crippen LogP contribution in [0.4, 0.5) is 0 Å². The fraction of sp³-hybridized carbons (Fsp3) is 0.190. The van der Waals surface area contributed by atoms with Crippen LogP contribution in [-0.4, -0.2) is 54.4 Å². The number of aromatic nitrogens is 2. The van der Waals surface area contributed by atoms with Crippen molar-refractivity contribution in [2.24, 2.45) is 0 Å². The van der Waals surface area contributed by atoms with E-state index in [0.717, 1.165) is 16.7 Å². The van der Waals surface area contributed by atoms with Crippen LogP contribution in [0.2, 0.25) is 0 Å². The molecule has 2 N–H and O–H groups in total. The third-order valence-electron chi connectivity index (χ3n) is 4.43. The van der Waals surface area contributed by atoms with Gasteiger partial charge in [0.05, 0.1) is 4.90 Å². The van der Waals surface area contributed by atoms with Crippen molar-refractivity contribution >= 4 is 37.1 Å². The maximum absolute atomic E-state index is 12.0. The van der Waals surface area contributed by atoms with Crippen molar-refractivity contribution in [1.82, 2.24) is 20.6 Å². The van der Waals surface area contributed by atoms with Crippen LogP contribution >= 0.6 is 0 Å². The summed E-state index contributed by atoms with van der Waals surface area (Å²) in [5.74, 6) is -0.278. The average Bonchev–Trinajstić information content (AvgIpc) is 2.73. The molecule has 1 aromatic heterocycles. The molecule has 0 bridgehead atoms. The molecule has 1 heterocycles. The second-order valence-corrected chi connectivity index (χ2v) is 9.63. The van der Waals surface area contributed by atoms with Crippen molar-refractivity contribution in [3.05, 3.63) is 71.5 Å². The molecular weight excluding hydrogens is 463 g/mol. The second kappa shape index (κ2) is 9.51. The summed E-state index contributed by atoms with van der Waals surface area (Å²) < 4.78 is 23.6. The molecular formula is C21H21AsN4O3S. The number of carbonyl (C=O) groups is 1. The van der Waals surface area contributed by atoms with Gasteiger partial charge in [0, 0.05) is 6.26 Å². The van der Waals surface area contributed by atoms with Crippen LogP contribution < -0.4 is 15.1 Å². The number of rotatable bonds is 7. The Bertz CT molecular complexity index is 1170. The van der Waals surface area contributed by atoms with Gasteiger partial charge in [0.2, 0.25) is 0 Å². The zero-order valence-electron chi connectivity index (χ0n) is 16.6. The molecule has 3 rings (SSSR count). The minimum atomic E-state index is -3.18. The standard InChI is InChI=1S/C21H21AsN4O3S/c1-23-21(27)19-20(22)25-13-18(26-19)16-5-3-4-15(10-16)12-24-11-14-6-8-17(9-7-14)30(2,28)29/h3-10,13,24H,11-12H2,1-2H3,(H,23,27). The molecule has 0 aliphatic carbocycles. The van der Waals surface area contributed by atoms with E-state index in [9.17, 15) is 13.2 Å². The van der Waals surface area contributed by atoms with Crippen LogP contribution in [0.5, 0.6) is 0 Å². The zero-order valence-corrected chi connectivity index (χ0v) is 19.3. The topological polar surface area (TPSA) is 101 Å². The Morgan fingerprint density at radius 2 is 1.77 bits per heavy atom. The van der Waals surface area contributed by atoms with Crippen molar-refractivity contribution < 1.29 is 13.2 Å². The van der Waals surface area contributed by atoms with Crippen molar-refractivity contribution in [2.45, 2.75) is 18.0 Å². The van der Waals surface area contributed by atoms with Gasteiger partial charge in [0.15, 0.2) is 9.84 Å². The second-order valence-electron chi connectivity index (χ2n) is 6.73. The summed E-state index contributed by atoms with van der Waals surface area (Å²) in [6.07, 6.45) is 2.85. The van der Waals surface area contributed by atoms with E-state index in [-0.39, 0.29) is 11.6 Å². The normalized spacial score (nSPS) is 11.3. The average molecular weight is 484 g/mol. The molecule has 30 heavy (non-hydrogen) atoms. The summed E-state index contributed by atoms with van der Waals surface area (Å²) in [4.78, 5) is 21.0. The Balaban J connectivity index is 1.68. The van der Waals surface area contributed by atoms with Crippen LogP contribution in [0.25, 0.3) is 11.3 Å². The number of sulfone groups is 1. The van der Waals surface area contributed by atoms with E-state index < -0.39 is 9.84 Å². The third kappa shape index (κ3) is 5.53. The van der Waals surface area contributed by atoms with Crippen LogP contribution in [0.15, 0.2) is 59.6 Å². The summed E-state index contributed by atoms with van der Waals surface area (Å²) in [5, 5.41) is 5.92. The molecule has 154 valence electrons. The number of benzene rings is 2. The Morgan fingerprint density at radius 3 is 2.43 bits per heavy atom. The molecule has 2 radical (unpaired) electrons. The molecule has 0 atom stereocenters. The van der Waals surface area contributed by atoms with E-state index in [1.807, 2.05) is 24.3 Å². The fourth-order valence-corrected chi connectivity index (χ4v) is 3.91. The van der Waals surface area contributed by atoms with Crippen molar-refractivity contribution in [1.29, 1.82) is 0 Å². The Hall–Kier alpha value is -2.54. The summed E-state index contributed by atoms with van der Waals surface area (Å²) in [6, 6.07) is 14.7. The molecule has 9 heteroatoms. The van der Waals surface area contributed by atoms with E-state index in [0.29, 0.717) is 28.2 Å². The third-order valence-corrected chi connectivity index (χ3v) is 6.24. The monoisotopic (exact) mass is 484 g/mol. The molecule has 3 aromatic rings. The first-order valence-corrected chi connectivity index (χ1v) is 12.0. The van der Waals surface area contributed by atoms with E-state index in [1.54, 1.807) is 37.5 Å². The van der Waals surface area contributed by atoms with Gasteiger partial charge in [-0.15, -0.1) is 0 Å². The van der Waals surface area contributed by atoms with Crippen LogP contribution in [0.1, 0.15) is 21.6 Å². The fourth-order valence-electron chi connectivity index (χ4n) is 2.84. The molecule has 0 saturated heterocycles. The van der Waals surface area contributed by atoms with Gasteiger partial charge in [-0.25, -0.2) is 8.42 Å². The molecule has 0 saturated carbocycles. The molecule has 1 amide bonds. The zero-order chi connectivity index (χ0) is 21.7. The molecule has 7 nitrogen and oxygen atoms in total. The summed E-state index contributed by atoms with van der Waals surface area (Å²) in [5.41, 5.74) is 3.84. The van der Waals surface area contributed by atoms with Gasteiger partial charge in [-0.1, -0.05) is 0 Å². The predicted molar refractivity (Wildman–Crippen MR) is 116 cm³/mol. The first-order chi connectivity index (χ1) is 14.3. The van der Waals surface area contributed by atoms with Gasteiger partial charge < -0.3 is 0 Å². The van der Waals surface area contributed by atoms with Crippen LogP contribution in [0.3, 0.4) is 0 Å². The first kappa shape index (κ1) is 22.2. The van der Waals surface area contributed by atoms with E-state index in [4.69, 9.17) is 0 Å². The van der Waals surface area contributed by atoms with Gasteiger partial charge in [-0.3, -0.25) is 0 Å². The number of hydrogen-bond acceptors (Lipinski definition) is 6. The van der Waals surface area contributed by atoms with Crippen molar-refractivity contribution in [2.75, 3.05) is 13.3 Å². The number of hydrogen-bond donors (Lipinski definition) is 2. The Labute approximate surface area is 184 Å². The molecule has 0 aliphatic rings. The van der Waals surface area contributed by atoms with Crippen LogP contribution in [-0.2, 0) is 22.9 Å². The van der Waals surface area contributed by atoms with Crippen molar-refractivity contribution in [3.63, 3.8) is 0 Å². The first-order valence-electron chi connectivity index (χ1n) is 9.15. The van der Waals surface area contributed by atoms with E-state index >= 15 is 0 Å². The molecule has 2 aromatic carbocycles. The van der Waals surface area contributed by atoms with E-state index in [1.165, 1.54) is 6.26 Å². The molecule has 0 fully saturated rings. The van der Waals surface area contributed by atoms with E-state index in [2.05, 4.69) is 37.5 Å². The predicted octanol–water partition coefficient (Wildman–Crippen LogP) is 0.990. The Kier molecular flexibility index (Phi) is 7.02. The number of carbonyl (C=O) groups excluding carboxylic acids is 1. The molecule has 0 spiro atoms. The SMILES string of the molecule is CNC(=O)c1nc(-c2cccc(CNCc3ccc(S(C)(=O)=O)cc3)c2)cnc1[As]. The number of nitrogens with one attached hydrogen (secondary N) is 2. The quantitative estimate of drug-likeness (QED) is 0.486. The van der Waals surface area contributed by atoms with Crippen LogP contribution in [0, 0.1) is 0 Å².